The van der Waals surface area contributed by atoms with Crippen molar-refractivity contribution in [2.75, 3.05) is 6.54 Å². The lowest BCUT2D eigenvalue weighted by Gasteiger charge is -2.21. The summed E-state index contributed by atoms with van der Waals surface area (Å²) in [4.78, 5) is 23.7. The average molecular weight is 290 g/mol. The number of amides is 1. The van der Waals surface area contributed by atoms with Crippen LogP contribution in [0.4, 0.5) is 0 Å². The fraction of sp³-hybridized carbons (Fsp3) is 0.500. The largest absolute Gasteiger partial charge is 0.480 e. The zero-order chi connectivity index (χ0) is 15.4. The number of aliphatic carboxylic acids is 1. The van der Waals surface area contributed by atoms with E-state index < -0.39 is 12.0 Å². The van der Waals surface area contributed by atoms with Crippen LogP contribution in [0.15, 0.2) is 18.2 Å². The molecule has 0 bridgehead atoms. The monoisotopic (exact) mass is 290 g/mol. The smallest absolute Gasteiger partial charge is 0.326 e. The number of fused-ring (bicyclic) bond motifs is 1. The second-order valence-corrected chi connectivity index (χ2v) is 5.86. The van der Waals surface area contributed by atoms with Crippen LogP contribution in [-0.2, 0) is 17.8 Å². The molecule has 3 N–H and O–H groups in total. The minimum atomic E-state index is -0.983. The van der Waals surface area contributed by atoms with Gasteiger partial charge in [-0.3, -0.25) is 4.79 Å². The Balaban J connectivity index is 2.18. The topological polar surface area (TPSA) is 78.4 Å². The van der Waals surface area contributed by atoms with Crippen molar-refractivity contribution in [1.29, 1.82) is 0 Å². The first-order valence-corrected chi connectivity index (χ1v) is 7.34. The van der Waals surface area contributed by atoms with Gasteiger partial charge in [-0.25, -0.2) is 4.79 Å². The summed E-state index contributed by atoms with van der Waals surface area (Å²) >= 11 is 0. The maximum absolute atomic E-state index is 12.4. The fourth-order valence-corrected chi connectivity index (χ4v) is 2.67. The molecule has 0 aromatic heterocycles. The van der Waals surface area contributed by atoms with E-state index in [4.69, 9.17) is 0 Å². The van der Waals surface area contributed by atoms with Crippen LogP contribution in [0.1, 0.15) is 41.8 Å². The van der Waals surface area contributed by atoms with Crippen LogP contribution in [0.3, 0.4) is 0 Å². The Morgan fingerprint density at radius 2 is 2.14 bits per heavy atom. The maximum Gasteiger partial charge on any atom is 0.326 e. The summed E-state index contributed by atoms with van der Waals surface area (Å²) < 4.78 is 0. The van der Waals surface area contributed by atoms with Gasteiger partial charge in [0, 0.05) is 12.1 Å². The van der Waals surface area contributed by atoms with Gasteiger partial charge in [-0.2, -0.15) is 0 Å². The molecule has 0 saturated heterocycles. The summed E-state index contributed by atoms with van der Waals surface area (Å²) in [5.74, 6) is -1.06. The molecular formula is C16H22N2O3. The van der Waals surface area contributed by atoms with Crippen LogP contribution in [0.25, 0.3) is 0 Å². The number of carbonyl (C=O) groups is 2. The third-order valence-corrected chi connectivity index (χ3v) is 3.70. The van der Waals surface area contributed by atoms with Crippen LogP contribution in [-0.4, -0.2) is 29.6 Å². The molecule has 1 aliphatic heterocycles. The molecule has 1 heterocycles. The fourth-order valence-electron chi connectivity index (χ4n) is 2.67. The van der Waals surface area contributed by atoms with Crippen molar-refractivity contribution in [2.45, 2.75) is 39.3 Å². The molecule has 1 aromatic carbocycles. The predicted octanol–water partition coefficient (Wildman–Crippen LogP) is 1.56. The second kappa shape index (κ2) is 6.72. The van der Waals surface area contributed by atoms with Crippen LogP contribution in [0.5, 0.6) is 0 Å². The lowest BCUT2D eigenvalue weighted by Crippen LogP contribution is -2.42. The summed E-state index contributed by atoms with van der Waals surface area (Å²) in [7, 11) is 0. The van der Waals surface area contributed by atoms with E-state index in [1.165, 1.54) is 0 Å². The van der Waals surface area contributed by atoms with E-state index in [2.05, 4.69) is 10.6 Å². The van der Waals surface area contributed by atoms with Gasteiger partial charge in [-0.15, -0.1) is 0 Å². The first-order valence-electron chi connectivity index (χ1n) is 7.34. The van der Waals surface area contributed by atoms with Gasteiger partial charge in [-0.1, -0.05) is 26.0 Å². The van der Waals surface area contributed by atoms with Crippen LogP contribution in [0, 0.1) is 5.92 Å². The third kappa shape index (κ3) is 3.82. The Morgan fingerprint density at radius 1 is 1.38 bits per heavy atom. The molecule has 114 valence electrons. The van der Waals surface area contributed by atoms with Gasteiger partial charge < -0.3 is 15.7 Å². The molecule has 1 aliphatic rings. The van der Waals surface area contributed by atoms with Crippen molar-refractivity contribution < 1.29 is 14.7 Å². The van der Waals surface area contributed by atoms with Gasteiger partial charge in [0.25, 0.3) is 5.91 Å². The molecule has 1 amide bonds. The van der Waals surface area contributed by atoms with E-state index in [-0.39, 0.29) is 11.8 Å². The first kappa shape index (κ1) is 15.5. The molecule has 1 atom stereocenters. The normalized spacial score (nSPS) is 15.4. The number of hydrogen-bond acceptors (Lipinski definition) is 3. The number of carboxylic acid groups (broad SMARTS) is 1. The zero-order valence-corrected chi connectivity index (χ0v) is 12.5. The molecule has 0 radical (unpaired) electrons. The molecule has 1 aromatic rings. The van der Waals surface area contributed by atoms with Crippen molar-refractivity contribution in [3.8, 4) is 0 Å². The molecule has 5 nitrogen and oxygen atoms in total. The molecule has 21 heavy (non-hydrogen) atoms. The van der Waals surface area contributed by atoms with E-state index in [0.29, 0.717) is 12.0 Å². The quantitative estimate of drug-likeness (QED) is 0.769. The Morgan fingerprint density at radius 3 is 2.81 bits per heavy atom. The summed E-state index contributed by atoms with van der Waals surface area (Å²) in [5, 5.41) is 15.2. The van der Waals surface area contributed by atoms with Gasteiger partial charge in [0.05, 0.1) is 0 Å². The summed E-state index contributed by atoms with van der Waals surface area (Å²) in [6, 6.07) is 4.78. The van der Waals surface area contributed by atoms with E-state index in [1.54, 1.807) is 6.07 Å². The highest BCUT2D eigenvalue weighted by molar-refractivity contribution is 5.98. The highest BCUT2D eigenvalue weighted by Crippen LogP contribution is 2.19. The maximum atomic E-state index is 12.4. The summed E-state index contributed by atoms with van der Waals surface area (Å²) in [6.07, 6.45) is 1.22. The molecule has 2 rings (SSSR count). The SMILES string of the molecule is CC(C)C[C@@H](NC(=O)c1cccc2c1CCNC2)C(=O)O. The van der Waals surface area contributed by atoms with Gasteiger partial charge in [0.2, 0.25) is 0 Å². The summed E-state index contributed by atoms with van der Waals surface area (Å²) in [6.45, 7) is 5.48. The highest BCUT2D eigenvalue weighted by Gasteiger charge is 2.24. The molecule has 0 saturated carbocycles. The number of rotatable bonds is 5. The Kier molecular flexibility index (Phi) is 4.96. The van der Waals surface area contributed by atoms with Crippen molar-refractivity contribution in [3.63, 3.8) is 0 Å². The van der Waals surface area contributed by atoms with Crippen LogP contribution in [0.2, 0.25) is 0 Å². The lowest BCUT2D eigenvalue weighted by molar-refractivity contribution is -0.139. The number of benzene rings is 1. The molecule has 5 heteroatoms. The van der Waals surface area contributed by atoms with Crippen molar-refractivity contribution in [3.05, 3.63) is 34.9 Å². The first-order chi connectivity index (χ1) is 9.99. The number of carbonyl (C=O) groups excluding carboxylic acids is 1. The molecule has 0 unspecified atom stereocenters. The third-order valence-electron chi connectivity index (χ3n) is 3.70. The van der Waals surface area contributed by atoms with Gasteiger partial charge in [0.15, 0.2) is 0 Å². The van der Waals surface area contributed by atoms with Gasteiger partial charge >= 0.3 is 5.97 Å². The number of carboxylic acids is 1. The second-order valence-electron chi connectivity index (χ2n) is 5.86. The Bertz CT molecular complexity index is 540. The Hall–Kier alpha value is -1.88. The Labute approximate surface area is 124 Å². The van der Waals surface area contributed by atoms with Crippen LogP contribution < -0.4 is 10.6 Å². The minimum Gasteiger partial charge on any atom is -0.480 e. The standard InChI is InChI=1S/C16H22N2O3/c1-10(2)8-14(16(20)21)18-15(19)13-5-3-4-11-9-17-7-6-12(11)13/h3-5,10,14,17H,6-9H2,1-2H3,(H,18,19)(H,20,21)/t14-/m1/s1. The minimum absolute atomic E-state index is 0.209. The van der Waals surface area contributed by atoms with Crippen molar-refractivity contribution in [2.24, 2.45) is 5.92 Å². The number of nitrogens with one attached hydrogen (secondary N) is 2. The number of hydrogen-bond donors (Lipinski definition) is 3. The predicted molar refractivity (Wildman–Crippen MR) is 80.2 cm³/mol. The van der Waals surface area contributed by atoms with E-state index in [9.17, 15) is 14.7 Å². The highest BCUT2D eigenvalue weighted by atomic mass is 16.4. The summed E-state index contributed by atoms with van der Waals surface area (Å²) in [5.41, 5.74) is 2.75. The molecular weight excluding hydrogens is 268 g/mol. The molecule has 0 aliphatic carbocycles. The van der Waals surface area contributed by atoms with E-state index in [1.807, 2.05) is 26.0 Å². The average Bonchev–Trinajstić information content (AvgIpc) is 2.45. The van der Waals surface area contributed by atoms with Gasteiger partial charge in [0.1, 0.15) is 6.04 Å². The van der Waals surface area contributed by atoms with E-state index in [0.717, 1.165) is 30.6 Å². The molecule has 0 fully saturated rings. The van der Waals surface area contributed by atoms with E-state index >= 15 is 0 Å². The lowest BCUT2D eigenvalue weighted by atomic mass is 9.94. The van der Waals surface area contributed by atoms with Crippen molar-refractivity contribution in [1.82, 2.24) is 10.6 Å². The van der Waals surface area contributed by atoms with Crippen molar-refractivity contribution >= 4 is 11.9 Å². The van der Waals surface area contributed by atoms with Gasteiger partial charge in [-0.05, 0) is 42.5 Å². The zero-order valence-electron chi connectivity index (χ0n) is 12.5. The van der Waals surface area contributed by atoms with Crippen LogP contribution >= 0.6 is 0 Å². The molecule has 0 spiro atoms.